The fraction of sp³-hybridized carbons (Fsp3) is 0.357. The molecule has 7 aromatic rings. The molecular weight excluding hydrogens is 1060 g/mol. The van der Waals surface area contributed by atoms with E-state index < -0.39 is 55.2 Å². The van der Waals surface area contributed by atoms with Crippen LogP contribution >= 0.6 is 0 Å². The predicted molar refractivity (Wildman–Crippen MR) is 277 cm³/mol. The zero-order valence-corrected chi connectivity index (χ0v) is 44.0. The standard InChI is InChI=1S/C28H30F3N3O4S.C28H24F3N3O4S/c2*1-2-39(37,38)22-12-3-17(4-13-22)16-32-27(36)19-7-14-24-23(15-19)33-26(34(24)21-10-11-21)25(35)18-5-8-20(9-6-18)28(29,30)31/h3-4,7,12-15,18,20-21H,2,5-6,8-11,16H2,1H3,(H,32,36);3-9,12-15,21H,2,10-11,16H2,1H3,(H,32,36). The zero-order valence-electron chi connectivity index (χ0n) is 42.3. The van der Waals surface area contributed by atoms with E-state index in [1.807, 2.05) is 4.57 Å². The molecule has 0 aliphatic heterocycles. The third kappa shape index (κ3) is 12.2. The molecule has 2 N–H and O–H groups in total. The summed E-state index contributed by atoms with van der Waals surface area (Å²) in [6.07, 6.45) is -4.97. The van der Waals surface area contributed by atoms with Crippen LogP contribution in [-0.2, 0) is 38.9 Å². The number of carbonyl (C=O) groups is 4. The molecule has 0 saturated heterocycles. The number of imidazole rings is 2. The first-order chi connectivity index (χ1) is 36.9. The molecule has 2 amide bonds. The minimum atomic E-state index is -4.50. The molecule has 0 radical (unpaired) electrons. The van der Waals surface area contributed by atoms with Crippen LogP contribution in [0.3, 0.4) is 0 Å². The van der Waals surface area contributed by atoms with E-state index >= 15 is 0 Å². The fourth-order valence-electron chi connectivity index (χ4n) is 9.56. The van der Waals surface area contributed by atoms with Crippen molar-refractivity contribution in [3.8, 4) is 0 Å². The Labute approximate surface area is 445 Å². The van der Waals surface area contributed by atoms with E-state index in [1.54, 1.807) is 79.1 Å². The van der Waals surface area contributed by atoms with Crippen molar-refractivity contribution in [2.75, 3.05) is 11.5 Å². The lowest BCUT2D eigenvalue weighted by Gasteiger charge is -2.28. The second-order valence-corrected chi connectivity index (χ2v) is 24.4. The first-order valence-electron chi connectivity index (χ1n) is 25.5. The highest BCUT2D eigenvalue weighted by atomic mass is 32.2. The number of fused-ring (bicyclic) bond motifs is 2. The molecule has 0 unspecified atom stereocenters. The number of nitrogens with one attached hydrogen (secondary N) is 2. The number of hydrogen-bond donors (Lipinski definition) is 2. The quantitative estimate of drug-likeness (QED) is 0.0694. The Morgan fingerprint density at radius 2 is 0.949 bits per heavy atom. The SMILES string of the molecule is CCS(=O)(=O)c1ccc(CNC(=O)c2ccc3c(c2)nc(C(=O)C2CCC(C(F)(F)F)CC2)n3C2CC2)cc1.CCS(=O)(=O)c1ccc(CNC(=O)c2ccc3c(c2)nc(C(=O)c2ccc(C(F)(F)F)cc2)n3C2CC2)cc1. The molecule has 410 valence electrons. The van der Waals surface area contributed by atoms with Gasteiger partial charge in [0.15, 0.2) is 31.3 Å². The largest absolute Gasteiger partial charge is 0.416 e. The second-order valence-electron chi connectivity index (χ2n) is 19.8. The number of amides is 2. The van der Waals surface area contributed by atoms with Gasteiger partial charge in [0.05, 0.1) is 54.8 Å². The first-order valence-corrected chi connectivity index (χ1v) is 28.8. The second kappa shape index (κ2) is 21.9. The number of nitrogens with zero attached hydrogens (tertiary/aromatic N) is 4. The number of ketones is 2. The zero-order chi connectivity index (χ0) is 55.9. The van der Waals surface area contributed by atoms with E-state index in [2.05, 4.69) is 20.6 Å². The van der Waals surface area contributed by atoms with Crippen LogP contribution < -0.4 is 10.6 Å². The summed E-state index contributed by atoms with van der Waals surface area (Å²) in [6, 6.07) is 26.8. The summed E-state index contributed by atoms with van der Waals surface area (Å²) in [7, 11) is -6.61. The molecule has 78 heavy (non-hydrogen) atoms. The van der Waals surface area contributed by atoms with Gasteiger partial charge < -0.3 is 19.8 Å². The van der Waals surface area contributed by atoms with Crippen LogP contribution in [0.5, 0.6) is 0 Å². The Balaban J connectivity index is 0.000000190. The summed E-state index contributed by atoms with van der Waals surface area (Å²) in [6.45, 7) is 3.53. The number of aromatic nitrogens is 4. The number of carbonyl (C=O) groups excluding carboxylic acids is 4. The number of alkyl halides is 6. The van der Waals surface area contributed by atoms with Crippen molar-refractivity contribution in [1.29, 1.82) is 0 Å². The van der Waals surface area contributed by atoms with Crippen LogP contribution in [0.1, 0.15) is 142 Å². The summed E-state index contributed by atoms with van der Waals surface area (Å²) < 4.78 is 130. The van der Waals surface area contributed by atoms with Crippen molar-refractivity contribution in [2.24, 2.45) is 11.8 Å². The Morgan fingerprint density at radius 1 is 0.538 bits per heavy atom. The molecule has 3 fully saturated rings. The molecule has 3 aliphatic rings. The van der Waals surface area contributed by atoms with Crippen LogP contribution in [0.2, 0.25) is 0 Å². The highest BCUT2D eigenvalue weighted by Crippen LogP contribution is 2.43. The molecule has 5 aromatic carbocycles. The van der Waals surface area contributed by atoms with Gasteiger partial charge in [0.25, 0.3) is 11.8 Å². The molecule has 10 rings (SSSR count). The van der Waals surface area contributed by atoms with Gasteiger partial charge in [-0.2, -0.15) is 26.3 Å². The van der Waals surface area contributed by atoms with Gasteiger partial charge in [0.1, 0.15) is 0 Å². The lowest BCUT2D eigenvalue weighted by Crippen LogP contribution is -2.31. The Bertz CT molecular complexity index is 3660. The number of rotatable bonds is 16. The fourth-order valence-corrected chi connectivity index (χ4v) is 11.3. The van der Waals surface area contributed by atoms with Crippen LogP contribution in [0, 0.1) is 11.8 Å². The van der Waals surface area contributed by atoms with Gasteiger partial charge in [-0.25, -0.2) is 26.8 Å². The van der Waals surface area contributed by atoms with E-state index in [4.69, 9.17) is 0 Å². The summed E-state index contributed by atoms with van der Waals surface area (Å²) in [4.78, 5) is 61.8. The number of halogens is 6. The predicted octanol–water partition coefficient (Wildman–Crippen LogP) is 11.0. The van der Waals surface area contributed by atoms with Gasteiger partial charge in [-0.1, -0.05) is 50.2 Å². The summed E-state index contributed by atoms with van der Waals surface area (Å²) >= 11 is 0. The average molecular weight is 1120 g/mol. The maximum absolute atomic E-state index is 13.4. The van der Waals surface area contributed by atoms with Gasteiger partial charge in [0, 0.05) is 47.8 Å². The number of Topliss-reactive ketones (excluding diaryl/α,β-unsaturated/α-hetero) is 1. The van der Waals surface area contributed by atoms with E-state index in [1.165, 1.54) is 24.3 Å². The normalized spacial score (nSPS) is 17.1. The summed E-state index contributed by atoms with van der Waals surface area (Å²) in [5.74, 6) is -2.89. The summed E-state index contributed by atoms with van der Waals surface area (Å²) in [5, 5.41) is 5.61. The topological polar surface area (TPSA) is 196 Å². The lowest BCUT2D eigenvalue weighted by molar-refractivity contribution is -0.183. The van der Waals surface area contributed by atoms with Crippen molar-refractivity contribution in [2.45, 2.75) is 113 Å². The summed E-state index contributed by atoms with van der Waals surface area (Å²) in [5.41, 5.74) is 3.72. The van der Waals surface area contributed by atoms with Crippen LogP contribution in [-0.4, -0.2) is 77.0 Å². The maximum Gasteiger partial charge on any atom is 0.416 e. The minimum absolute atomic E-state index is 0.000280. The van der Waals surface area contributed by atoms with E-state index in [9.17, 15) is 62.4 Å². The average Bonchev–Trinajstić information content (AvgIpc) is 4.50. The number of sulfone groups is 2. The number of hydrogen-bond acceptors (Lipinski definition) is 10. The Morgan fingerprint density at radius 3 is 1.35 bits per heavy atom. The lowest BCUT2D eigenvalue weighted by atomic mass is 9.79. The van der Waals surface area contributed by atoms with Gasteiger partial charge in [0.2, 0.25) is 11.6 Å². The van der Waals surface area contributed by atoms with Crippen LogP contribution in [0.25, 0.3) is 22.1 Å². The molecule has 3 saturated carbocycles. The van der Waals surface area contributed by atoms with E-state index in [0.29, 0.717) is 27.7 Å². The Hall–Kier alpha value is -7.20. The molecule has 22 heteroatoms. The van der Waals surface area contributed by atoms with Gasteiger partial charge in [-0.05, 0) is 135 Å². The third-order valence-corrected chi connectivity index (χ3v) is 17.9. The third-order valence-electron chi connectivity index (χ3n) is 14.4. The van der Waals surface area contributed by atoms with Gasteiger partial charge >= 0.3 is 12.4 Å². The number of benzene rings is 5. The van der Waals surface area contributed by atoms with Crippen molar-refractivity contribution in [1.82, 2.24) is 29.7 Å². The molecule has 0 atom stereocenters. The molecule has 3 aliphatic carbocycles. The molecule has 14 nitrogen and oxygen atoms in total. The van der Waals surface area contributed by atoms with E-state index in [0.717, 1.165) is 66.6 Å². The van der Waals surface area contributed by atoms with Crippen LogP contribution in [0.15, 0.2) is 119 Å². The van der Waals surface area contributed by atoms with Crippen molar-refractivity contribution >= 4 is 65.1 Å². The highest BCUT2D eigenvalue weighted by molar-refractivity contribution is 7.91. The molecule has 2 heterocycles. The highest BCUT2D eigenvalue weighted by Gasteiger charge is 2.44. The monoisotopic (exact) mass is 1120 g/mol. The van der Waals surface area contributed by atoms with Crippen molar-refractivity contribution in [3.63, 3.8) is 0 Å². The van der Waals surface area contributed by atoms with Gasteiger partial charge in [-0.15, -0.1) is 0 Å². The molecular formula is C56H54F6N6O8S2. The van der Waals surface area contributed by atoms with Crippen molar-refractivity contribution in [3.05, 3.63) is 154 Å². The van der Waals surface area contributed by atoms with Crippen LogP contribution in [0.4, 0.5) is 26.3 Å². The first kappa shape index (κ1) is 55.6. The maximum atomic E-state index is 13.4. The minimum Gasteiger partial charge on any atom is -0.348 e. The molecule has 0 bridgehead atoms. The van der Waals surface area contributed by atoms with Crippen molar-refractivity contribution < 1.29 is 62.4 Å². The Kier molecular flexibility index (Phi) is 15.6. The van der Waals surface area contributed by atoms with Gasteiger partial charge in [-0.3, -0.25) is 19.2 Å². The molecule has 0 spiro atoms. The smallest absolute Gasteiger partial charge is 0.348 e. The molecule has 2 aromatic heterocycles. The van der Waals surface area contributed by atoms with E-state index in [-0.39, 0.29) is 107 Å².